The van der Waals surface area contributed by atoms with Gasteiger partial charge in [-0.2, -0.15) is 0 Å². The van der Waals surface area contributed by atoms with Gasteiger partial charge in [-0.3, -0.25) is 0 Å². The first-order valence-corrected chi connectivity index (χ1v) is 5.78. The number of hydrogen-bond acceptors (Lipinski definition) is 1. The third kappa shape index (κ3) is 1.71. The monoisotopic (exact) mass is 202 g/mol. The smallest absolute Gasteiger partial charge is 0.130 e. The quantitative estimate of drug-likeness (QED) is 0.688. The van der Waals surface area contributed by atoms with Crippen LogP contribution in [0.2, 0.25) is 0 Å². The molecule has 0 heterocycles. The number of aryl methyl sites for hydroxylation is 2. The normalized spacial score (nSPS) is 18.3. The highest BCUT2D eigenvalue weighted by Crippen LogP contribution is 2.30. The van der Waals surface area contributed by atoms with Gasteiger partial charge in [0.15, 0.2) is 0 Å². The van der Waals surface area contributed by atoms with Crippen LogP contribution in [0.15, 0.2) is 18.2 Å². The summed E-state index contributed by atoms with van der Waals surface area (Å²) in [5.41, 5.74) is 3.82. The van der Waals surface area contributed by atoms with Crippen LogP contribution in [0.4, 0.5) is 0 Å². The van der Waals surface area contributed by atoms with Crippen molar-refractivity contribution < 1.29 is 4.79 Å². The van der Waals surface area contributed by atoms with E-state index < -0.39 is 0 Å². The maximum Gasteiger partial charge on any atom is 0.130 e. The molecule has 0 aliphatic heterocycles. The molecular formula is C14H18O. The van der Waals surface area contributed by atoms with Gasteiger partial charge in [-0.1, -0.05) is 25.1 Å². The SMILES string of the molecule is CCC(C)(C=O)c1ccc2c(c1)CCC2. The average Bonchev–Trinajstić information content (AvgIpc) is 2.74. The van der Waals surface area contributed by atoms with Crippen molar-refractivity contribution in [1.29, 1.82) is 0 Å². The molecule has 1 aromatic carbocycles. The van der Waals surface area contributed by atoms with Crippen LogP contribution in [0.3, 0.4) is 0 Å². The van der Waals surface area contributed by atoms with Gasteiger partial charge in [0.1, 0.15) is 6.29 Å². The molecule has 2 rings (SSSR count). The Morgan fingerprint density at radius 2 is 2.07 bits per heavy atom. The molecule has 0 N–H and O–H groups in total. The van der Waals surface area contributed by atoms with Crippen LogP contribution < -0.4 is 0 Å². The standard InChI is InChI=1S/C14H18O/c1-3-14(2,10-15)13-8-7-11-5-4-6-12(11)9-13/h7-10H,3-6H2,1-2H3. The lowest BCUT2D eigenvalue weighted by Crippen LogP contribution is -2.22. The Hall–Kier alpha value is -1.11. The minimum Gasteiger partial charge on any atom is -0.302 e. The molecule has 1 atom stereocenters. The highest BCUT2D eigenvalue weighted by Gasteiger charge is 2.25. The summed E-state index contributed by atoms with van der Waals surface area (Å²) in [5, 5.41) is 0. The molecule has 1 unspecified atom stereocenters. The van der Waals surface area contributed by atoms with Crippen LogP contribution in [0.5, 0.6) is 0 Å². The number of fused-ring (bicyclic) bond motifs is 1. The maximum absolute atomic E-state index is 11.2. The second kappa shape index (κ2) is 3.80. The summed E-state index contributed by atoms with van der Waals surface area (Å²) in [4.78, 5) is 11.2. The van der Waals surface area contributed by atoms with Crippen LogP contribution in [-0.2, 0) is 23.1 Å². The van der Waals surface area contributed by atoms with Gasteiger partial charge in [0.05, 0.1) is 0 Å². The van der Waals surface area contributed by atoms with Gasteiger partial charge in [-0.05, 0) is 49.3 Å². The van der Waals surface area contributed by atoms with Gasteiger partial charge in [-0.25, -0.2) is 0 Å². The van der Waals surface area contributed by atoms with Crippen LogP contribution in [0.1, 0.15) is 43.4 Å². The summed E-state index contributed by atoms with van der Waals surface area (Å²) in [6, 6.07) is 6.57. The second-order valence-corrected chi connectivity index (χ2v) is 4.73. The van der Waals surface area contributed by atoms with Gasteiger partial charge < -0.3 is 4.79 Å². The van der Waals surface area contributed by atoms with E-state index in [0.717, 1.165) is 12.7 Å². The fraction of sp³-hybridized carbons (Fsp3) is 0.500. The fourth-order valence-corrected chi connectivity index (χ4v) is 2.28. The predicted octanol–water partition coefficient (Wildman–Crippen LogP) is 3.04. The number of rotatable bonds is 3. The van der Waals surface area contributed by atoms with E-state index in [4.69, 9.17) is 0 Å². The topological polar surface area (TPSA) is 17.1 Å². The lowest BCUT2D eigenvalue weighted by molar-refractivity contribution is -0.112. The number of carbonyl (C=O) groups is 1. The molecule has 0 aromatic heterocycles. The van der Waals surface area contributed by atoms with Crippen LogP contribution in [0, 0.1) is 0 Å². The molecule has 0 radical (unpaired) electrons. The molecule has 0 amide bonds. The fourth-order valence-electron chi connectivity index (χ4n) is 2.28. The zero-order valence-corrected chi connectivity index (χ0v) is 9.55. The molecule has 0 bridgehead atoms. The van der Waals surface area contributed by atoms with E-state index in [9.17, 15) is 4.79 Å². The molecule has 1 heteroatoms. The van der Waals surface area contributed by atoms with Gasteiger partial charge in [0.25, 0.3) is 0 Å². The number of carbonyl (C=O) groups excluding carboxylic acids is 1. The summed E-state index contributed by atoms with van der Waals surface area (Å²) >= 11 is 0. The van der Waals surface area contributed by atoms with Crippen LogP contribution >= 0.6 is 0 Å². The van der Waals surface area contributed by atoms with Gasteiger partial charge in [0.2, 0.25) is 0 Å². The molecule has 1 aliphatic carbocycles. The van der Waals surface area contributed by atoms with Crippen LogP contribution in [0.25, 0.3) is 0 Å². The summed E-state index contributed by atoms with van der Waals surface area (Å²) in [7, 11) is 0. The van der Waals surface area contributed by atoms with Crippen molar-refractivity contribution >= 4 is 6.29 Å². The summed E-state index contributed by atoms with van der Waals surface area (Å²) < 4.78 is 0. The molecule has 1 nitrogen and oxygen atoms in total. The lowest BCUT2D eigenvalue weighted by Gasteiger charge is -2.22. The number of benzene rings is 1. The van der Waals surface area contributed by atoms with Crippen molar-refractivity contribution in [1.82, 2.24) is 0 Å². The molecule has 1 aliphatic rings. The highest BCUT2D eigenvalue weighted by molar-refractivity contribution is 5.68. The van der Waals surface area contributed by atoms with Gasteiger partial charge in [0, 0.05) is 5.41 Å². The molecule has 0 saturated carbocycles. The highest BCUT2D eigenvalue weighted by atomic mass is 16.1. The third-order valence-corrected chi connectivity index (χ3v) is 3.75. The average molecular weight is 202 g/mol. The summed E-state index contributed by atoms with van der Waals surface area (Å²) in [5.74, 6) is 0. The molecule has 0 fully saturated rings. The molecule has 80 valence electrons. The van der Waals surface area contributed by atoms with Crippen molar-refractivity contribution in [3.8, 4) is 0 Å². The first-order valence-electron chi connectivity index (χ1n) is 5.78. The maximum atomic E-state index is 11.2. The Balaban J connectivity index is 2.41. The van der Waals surface area contributed by atoms with E-state index >= 15 is 0 Å². The van der Waals surface area contributed by atoms with E-state index in [0.29, 0.717) is 0 Å². The van der Waals surface area contributed by atoms with Crippen molar-refractivity contribution in [2.45, 2.75) is 44.9 Å². The van der Waals surface area contributed by atoms with E-state index in [2.05, 4.69) is 25.1 Å². The Morgan fingerprint density at radius 1 is 1.33 bits per heavy atom. The minimum absolute atomic E-state index is 0.294. The second-order valence-electron chi connectivity index (χ2n) is 4.73. The minimum atomic E-state index is -0.294. The molecule has 15 heavy (non-hydrogen) atoms. The van der Waals surface area contributed by atoms with E-state index in [1.54, 1.807) is 0 Å². The predicted molar refractivity (Wildman–Crippen MR) is 62.2 cm³/mol. The van der Waals surface area contributed by atoms with Gasteiger partial charge >= 0.3 is 0 Å². The largest absolute Gasteiger partial charge is 0.302 e. The first kappa shape index (κ1) is 10.4. The van der Waals surface area contributed by atoms with Crippen molar-refractivity contribution in [2.75, 3.05) is 0 Å². The first-order chi connectivity index (χ1) is 7.19. The Labute approximate surface area is 91.5 Å². The molecule has 0 spiro atoms. The summed E-state index contributed by atoms with van der Waals surface area (Å²) in [6.45, 7) is 4.10. The number of hydrogen-bond donors (Lipinski definition) is 0. The zero-order valence-electron chi connectivity index (χ0n) is 9.55. The number of aldehydes is 1. The lowest BCUT2D eigenvalue weighted by atomic mass is 9.80. The zero-order chi connectivity index (χ0) is 10.9. The molecular weight excluding hydrogens is 184 g/mol. The van der Waals surface area contributed by atoms with Crippen LogP contribution in [-0.4, -0.2) is 6.29 Å². The molecule has 0 saturated heterocycles. The van der Waals surface area contributed by atoms with E-state index in [-0.39, 0.29) is 5.41 Å². The Morgan fingerprint density at radius 3 is 2.73 bits per heavy atom. The van der Waals surface area contributed by atoms with Crippen molar-refractivity contribution in [3.63, 3.8) is 0 Å². The molecule has 1 aromatic rings. The van der Waals surface area contributed by atoms with E-state index in [1.165, 1.54) is 36.0 Å². The Kier molecular flexibility index (Phi) is 2.64. The van der Waals surface area contributed by atoms with Crippen molar-refractivity contribution in [2.24, 2.45) is 0 Å². The van der Waals surface area contributed by atoms with Gasteiger partial charge in [-0.15, -0.1) is 0 Å². The Bertz CT molecular complexity index is 381. The summed E-state index contributed by atoms with van der Waals surface area (Å²) in [6.07, 6.45) is 5.61. The van der Waals surface area contributed by atoms with E-state index in [1.807, 2.05) is 6.92 Å². The van der Waals surface area contributed by atoms with Crippen molar-refractivity contribution in [3.05, 3.63) is 34.9 Å². The third-order valence-electron chi connectivity index (χ3n) is 3.75.